The number of thioether (sulfide) groups is 1. The van der Waals surface area contributed by atoms with E-state index in [4.69, 9.17) is 4.42 Å². The summed E-state index contributed by atoms with van der Waals surface area (Å²) in [5.74, 6) is 0.426. The third kappa shape index (κ3) is 4.39. The van der Waals surface area contributed by atoms with Gasteiger partial charge in [0.15, 0.2) is 0 Å². The van der Waals surface area contributed by atoms with Crippen LogP contribution in [0.1, 0.15) is 23.2 Å². The van der Waals surface area contributed by atoms with Gasteiger partial charge >= 0.3 is 0 Å². The second-order valence-electron chi connectivity index (χ2n) is 6.94. The minimum Gasteiger partial charge on any atom is -0.472 e. The fourth-order valence-corrected chi connectivity index (χ4v) is 4.23. The van der Waals surface area contributed by atoms with Crippen molar-refractivity contribution in [3.05, 3.63) is 66.6 Å². The summed E-state index contributed by atoms with van der Waals surface area (Å²) in [7, 11) is 0. The molecule has 0 spiro atoms. The monoisotopic (exact) mass is 394 g/mol. The van der Waals surface area contributed by atoms with Crippen LogP contribution in [-0.4, -0.2) is 41.6 Å². The van der Waals surface area contributed by atoms with Crippen molar-refractivity contribution in [2.24, 2.45) is 0 Å². The van der Waals surface area contributed by atoms with Gasteiger partial charge in [0.05, 0.1) is 17.6 Å². The second-order valence-corrected chi connectivity index (χ2v) is 7.99. The molecule has 0 unspecified atom stereocenters. The highest BCUT2D eigenvalue weighted by molar-refractivity contribution is 8.00. The van der Waals surface area contributed by atoms with Gasteiger partial charge in [-0.3, -0.25) is 9.59 Å². The first-order valence-corrected chi connectivity index (χ1v) is 10.4. The molecule has 0 radical (unpaired) electrons. The molecule has 0 atom stereocenters. The largest absolute Gasteiger partial charge is 0.472 e. The molecule has 1 saturated heterocycles. The summed E-state index contributed by atoms with van der Waals surface area (Å²) in [5, 5.41) is 5.49. The number of rotatable bonds is 5. The number of benzene rings is 2. The van der Waals surface area contributed by atoms with Crippen molar-refractivity contribution in [2.75, 3.05) is 18.8 Å². The van der Waals surface area contributed by atoms with Crippen molar-refractivity contribution in [2.45, 2.75) is 23.8 Å². The summed E-state index contributed by atoms with van der Waals surface area (Å²) in [6, 6.07) is 16.3. The number of hydrogen-bond acceptors (Lipinski definition) is 4. The molecule has 2 heterocycles. The number of furan rings is 1. The van der Waals surface area contributed by atoms with Gasteiger partial charge in [0, 0.05) is 24.0 Å². The van der Waals surface area contributed by atoms with Gasteiger partial charge in [-0.25, -0.2) is 0 Å². The number of carbonyl (C=O) groups excluding carboxylic acids is 2. The Morgan fingerprint density at radius 1 is 1.07 bits per heavy atom. The molecule has 0 bridgehead atoms. The third-order valence-corrected chi connectivity index (χ3v) is 6.00. The normalized spacial score (nSPS) is 14.9. The molecule has 2 amide bonds. The van der Waals surface area contributed by atoms with Gasteiger partial charge in [0.2, 0.25) is 5.91 Å². The zero-order valence-electron chi connectivity index (χ0n) is 15.5. The Morgan fingerprint density at radius 3 is 2.61 bits per heavy atom. The minimum atomic E-state index is -0.00890. The van der Waals surface area contributed by atoms with E-state index in [1.54, 1.807) is 17.8 Å². The number of likely N-dealkylation sites (tertiary alicyclic amines) is 1. The SMILES string of the molecule is O=C(CSc1ccc2ccccc2c1)NC1CCN(C(=O)c2ccoc2)CC1. The van der Waals surface area contributed by atoms with Crippen LogP contribution >= 0.6 is 11.8 Å². The Morgan fingerprint density at radius 2 is 1.86 bits per heavy atom. The molecule has 1 aliphatic heterocycles. The molecule has 5 nitrogen and oxygen atoms in total. The summed E-state index contributed by atoms with van der Waals surface area (Å²) in [6.07, 6.45) is 4.53. The van der Waals surface area contributed by atoms with Crippen molar-refractivity contribution in [3.8, 4) is 0 Å². The summed E-state index contributed by atoms with van der Waals surface area (Å²) in [5.41, 5.74) is 0.578. The van der Waals surface area contributed by atoms with Gasteiger partial charge in [-0.2, -0.15) is 0 Å². The maximum Gasteiger partial charge on any atom is 0.257 e. The number of nitrogens with one attached hydrogen (secondary N) is 1. The smallest absolute Gasteiger partial charge is 0.257 e. The third-order valence-electron chi connectivity index (χ3n) is 5.01. The topological polar surface area (TPSA) is 62.6 Å². The van der Waals surface area contributed by atoms with Crippen LogP contribution in [0.2, 0.25) is 0 Å². The second kappa shape index (κ2) is 8.52. The summed E-state index contributed by atoms with van der Waals surface area (Å²) >= 11 is 1.55. The number of piperidine rings is 1. The zero-order chi connectivity index (χ0) is 19.3. The Labute approximate surface area is 168 Å². The molecule has 2 aromatic carbocycles. The van der Waals surface area contributed by atoms with Crippen LogP contribution in [0.25, 0.3) is 10.8 Å². The Balaban J connectivity index is 1.23. The molecule has 1 aliphatic rings. The van der Waals surface area contributed by atoms with Crippen LogP contribution in [0.3, 0.4) is 0 Å². The highest BCUT2D eigenvalue weighted by Gasteiger charge is 2.25. The molecule has 4 rings (SSSR count). The Kier molecular flexibility index (Phi) is 5.67. The quantitative estimate of drug-likeness (QED) is 0.666. The molecule has 1 aromatic heterocycles. The molecule has 0 aliphatic carbocycles. The van der Waals surface area contributed by atoms with Gasteiger partial charge in [0.25, 0.3) is 5.91 Å². The number of carbonyl (C=O) groups is 2. The molecule has 6 heteroatoms. The van der Waals surface area contributed by atoms with Gasteiger partial charge in [0.1, 0.15) is 6.26 Å². The van der Waals surface area contributed by atoms with Crippen molar-refractivity contribution >= 4 is 34.3 Å². The van der Waals surface area contributed by atoms with Crippen molar-refractivity contribution < 1.29 is 14.0 Å². The Hall–Kier alpha value is -2.73. The summed E-state index contributed by atoms with van der Waals surface area (Å²) < 4.78 is 4.98. The van der Waals surface area contributed by atoms with E-state index in [9.17, 15) is 9.59 Å². The first kappa shape index (κ1) is 18.6. The van der Waals surface area contributed by atoms with Crippen molar-refractivity contribution in [1.82, 2.24) is 10.2 Å². The van der Waals surface area contributed by atoms with Gasteiger partial charge < -0.3 is 14.6 Å². The van der Waals surface area contributed by atoms with Gasteiger partial charge in [-0.15, -0.1) is 11.8 Å². The van der Waals surface area contributed by atoms with E-state index < -0.39 is 0 Å². The molecule has 28 heavy (non-hydrogen) atoms. The van der Waals surface area contributed by atoms with E-state index in [1.807, 2.05) is 17.0 Å². The van der Waals surface area contributed by atoms with Crippen LogP contribution in [0.15, 0.2) is 70.4 Å². The van der Waals surface area contributed by atoms with Gasteiger partial charge in [-0.05, 0) is 41.8 Å². The first-order chi connectivity index (χ1) is 13.7. The summed E-state index contributed by atoms with van der Waals surface area (Å²) in [4.78, 5) is 27.6. The molecule has 0 saturated carbocycles. The van der Waals surface area contributed by atoms with Crippen LogP contribution in [-0.2, 0) is 4.79 Å². The van der Waals surface area contributed by atoms with E-state index >= 15 is 0 Å². The zero-order valence-corrected chi connectivity index (χ0v) is 16.3. The standard InChI is InChI=1S/C22H22N2O3S/c25-21(15-28-20-6-5-16-3-1-2-4-17(16)13-20)23-19-7-10-24(11-8-19)22(26)18-9-12-27-14-18/h1-6,9,12-14,19H,7-8,10-11,15H2,(H,23,25). The van der Waals surface area contributed by atoms with Crippen LogP contribution in [0, 0.1) is 0 Å². The predicted molar refractivity (Wildman–Crippen MR) is 110 cm³/mol. The lowest BCUT2D eigenvalue weighted by Crippen LogP contribution is -2.46. The average Bonchev–Trinajstić information content (AvgIpc) is 3.27. The lowest BCUT2D eigenvalue weighted by atomic mass is 10.0. The molecule has 144 valence electrons. The average molecular weight is 394 g/mol. The lowest BCUT2D eigenvalue weighted by Gasteiger charge is -2.32. The highest BCUT2D eigenvalue weighted by atomic mass is 32.2. The molecular formula is C22H22N2O3S. The van der Waals surface area contributed by atoms with Crippen LogP contribution < -0.4 is 5.32 Å². The number of hydrogen-bond donors (Lipinski definition) is 1. The fourth-order valence-electron chi connectivity index (χ4n) is 3.47. The van der Waals surface area contributed by atoms with E-state index in [1.165, 1.54) is 23.3 Å². The number of fused-ring (bicyclic) bond motifs is 1. The number of amides is 2. The number of nitrogens with zero attached hydrogens (tertiary/aromatic N) is 1. The molecule has 1 fully saturated rings. The van der Waals surface area contributed by atoms with E-state index in [0.717, 1.165) is 17.7 Å². The fraction of sp³-hybridized carbons (Fsp3) is 0.273. The van der Waals surface area contributed by atoms with Crippen LogP contribution in [0.5, 0.6) is 0 Å². The van der Waals surface area contributed by atoms with E-state index in [0.29, 0.717) is 24.4 Å². The maximum absolute atomic E-state index is 12.3. The highest BCUT2D eigenvalue weighted by Crippen LogP contribution is 2.23. The van der Waals surface area contributed by atoms with Crippen LogP contribution in [0.4, 0.5) is 0 Å². The molecular weight excluding hydrogens is 372 g/mol. The van der Waals surface area contributed by atoms with Crippen molar-refractivity contribution in [3.63, 3.8) is 0 Å². The molecule has 1 N–H and O–H groups in total. The van der Waals surface area contributed by atoms with E-state index in [-0.39, 0.29) is 17.9 Å². The summed E-state index contributed by atoms with van der Waals surface area (Å²) in [6.45, 7) is 1.29. The van der Waals surface area contributed by atoms with Gasteiger partial charge in [-0.1, -0.05) is 30.3 Å². The minimum absolute atomic E-state index is 0.00890. The predicted octanol–water partition coefficient (Wildman–Crippen LogP) is 3.95. The molecule has 3 aromatic rings. The van der Waals surface area contributed by atoms with E-state index in [2.05, 4.69) is 35.6 Å². The maximum atomic E-state index is 12.3. The lowest BCUT2D eigenvalue weighted by molar-refractivity contribution is -0.119. The Bertz CT molecular complexity index is 963. The first-order valence-electron chi connectivity index (χ1n) is 9.41. The van der Waals surface area contributed by atoms with Crippen molar-refractivity contribution in [1.29, 1.82) is 0 Å².